The Bertz CT molecular complexity index is 746. The molecule has 0 amide bonds. The van der Waals surface area contributed by atoms with Crippen molar-refractivity contribution in [2.45, 2.75) is 33.2 Å². The smallest absolute Gasteiger partial charge is 0.141 e. The van der Waals surface area contributed by atoms with Crippen molar-refractivity contribution in [3.8, 4) is 11.5 Å². The van der Waals surface area contributed by atoms with Crippen molar-refractivity contribution in [2.24, 2.45) is 5.92 Å². The average molecular weight is 376 g/mol. The Morgan fingerprint density at radius 3 is 2.69 bits per heavy atom. The lowest BCUT2D eigenvalue weighted by atomic mass is 9.97. The molecule has 0 bridgehead atoms. The van der Waals surface area contributed by atoms with Gasteiger partial charge >= 0.3 is 0 Å². The first-order valence-electron chi connectivity index (χ1n) is 9.02. The molecule has 2 aromatic rings. The van der Waals surface area contributed by atoms with Gasteiger partial charge in [-0.15, -0.1) is 0 Å². The molecule has 0 spiro atoms. The summed E-state index contributed by atoms with van der Waals surface area (Å²) in [5.41, 5.74) is 3.33. The molecule has 6 heteroatoms. The van der Waals surface area contributed by atoms with Crippen LogP contribution in [0.3, 0.4) is 0 Å². The lowest BCUT2D eigenvalue weighted by molar-refractivity contribution is 0.135. The molecule has 1 fully saturated rings. The molecular weight excluding hydrogens is 350 g/mol. The van der Waals surface area contributed by atoms with Crippen LogP contribution in [0.2, 0.25) is 5.02 Å². The normalized spacial score (nSPS) is 15.8. The number of hydrogen-bond acceptors (Lipinski definition) is 5. The third-order valence-electron chi connectivity index (χ3n) is 5.04. The minimum Gasteiger partial charge on any atom is -0.496 e. The Morgan fingerprint density at radius 2 is 2.00 bits per heavy atom. The molecule has 0 radical (unpaired) electrons. The van der Waals surface area contributed by atoms with E-state index in [0.29, 0.717) is 17.5 Å². The van der Waals surface area contributed by atoms with Crippen molar-refractivity contribution in [3.05, 3.63) is 46.5 Å². The molecule has 2 aromatic heterocycles. The zero-order valence-corrected chi connectivity index (χ0v) is 16.4. The lowest BCUT2D eigenvalue weighted by Crippen LogP contribution is -2.35. The number of halogens is 1. The van der Waals surface area contributed by atoms with Gasteiger partial charge in [0, 0.05) is 42.3 Å². The van der Waals surface area contributed by atoms with E-state index in [0.717, 1.165) is 60.8 Å². The Balaban J connectivity index is 1.51. The van der Waals surface area contributed by atoms with Gasteiger partial charge in [0.2, 0.25) is 0 Å². The number of aryl methyl sites for hydroxylation is 1. The molecule has 1 saturated heterocycles. The maximum Gasteiger partial charge on any atom is 0.141 e. The van der Waals surface area contributed by atoms with Crippen LogP contribution in [0, 0.1) is 19.8 Å². The van der Waals surface area contributed by atoms with Gasteiger partial charge in [-0.3, -0.25) is 14.9 Å². The number of pyridine rings is 2. The third kappa shape index (κ3) is 4.46. The molecule has 1 aliphatic heterocycles. The molecule has 0 saturated carbocycles. The summed E-state index contributed by atoms with van der Waals surface area (Å²) in [6.45, 7) is 7.79. The van der Waals surface area contributed by atoms with E-state index < -0.39 is 0 Å². The van der Waals surface area contributed by atoms with Crippen molar-refractivity contribution in [2.75, 3.05) is 26.8 Å². The predicted molar refractivity (Wildman–Crippen MR) is 103 cm³/mol. The standard InChI is InChI=1S/C20H26ClN3O2/c1-14-10-23-18(15(2)20(14)25-3)12-24-8-5-16(6-9-24)13-26-19-4-7-22-11-17(19)21/h4,7,10-11,16H,5-6,8-9,12-13H2,1-3H3. The van der Waals surface area contributed by atoms with Crippen molar-refractivity contribution >= 4 is 11.6 Å². The molecule has 1 aliphatic rings. The molecule has 3 rings (SSSR count). The summed E-state index contributed by atoms with van der Waals surface area (Å²) in [5, 5.41) is 0.569. The highest BCUT2D eigenvalue weighted by atomic mass is 35.5. The summed E-state index contributed by atoms with van der Waals surface area (Å²) in [4.78, 5) is 11.1. The van der Waals surface area contributed by atoms with Crippen molar-refractivity contribution in [3.63, 3.8) is 0 Å². The second kappa shape index (κ2) is 8.69. The summed E-state index contributed by atoms with van der Waals surface area (Å²) in [6.07, 6.45) is 7.45. The van der Waals surface area contributed by atoms with Gasteiger partial charge in [0.25, 0.3) is 0 Å². The van der Waals surface area contributed by atoms with Gasteiger partial charge in [0.1, 0.15) is 16.5 Å². The van der Waals surface area contributed by atoms with Gasteiger partial charge in [-0.25, -0.2) is 0 Å². The maximum absolute atomic E-state index is 6.09. The quantitative estimate of drug-likeness (QED) is 0.762. The van der Waals surface area contributed by atoms with Crippen LogP contribution in [-0.2, 0) is 6.54 Å². The summed E-state index contributed by atoms with van der Waals surface area (Å²) in [5.74, 6) is 2.22. The predicted octanol–water partition coefficient (Wildman–Crippen LogP) is 4.05. The molecule has 5 nitrogen and oxygen atoms in total. The van der Waals surface area contributed by atoms with E-state index in [1.54, 1.807) is 19.5 Å². The van der Waals surface area contributed by atoms with E-state index in [9.17, 15) is 0 Å². The topological polar surface area (TPSA) is 47.5 Å². The molecule has 0 atom stereocenters. The fourth-order valence-electron chi connectivity index (χ4n) is 3.44. The van der Waals surface area contributed by atoms with E-state index in [-0.39, 0.29) is 0 Å². The number of ether oxygens (including phenoxy) is 2. The Kier molecular flexibility index (Phi) is 6.33. The molecule has 0 unspecified atom stereocenters. The van der Waals surface area contributed by atoms with Gasteiger partial charge in [0.15, 0.2) is 0 Å². The highest BCUT2D eigenvalue weighted by Gasteiger charge is 2.21. The van der Waals surface area contributed by atoms with Crippen LogP contribution in [0.15, 0.2) is 24.7 Å². The summed E-state index contributed by atoms with van der Waals surface area (Å²) in [7, 11) is 1.72. The van der Waals surface area contributed by atoms with Gasteiger partial charge in [-0.2, -0.15) is 0 Å². The molecule has 26 heavy (non-hydrogen) atoms. The molecule has 0 N–H and O–H groups in total. The Hall–Kier alpha value is -1.85. The van der Waals surface area contributed by atoms with E-state index in [2.05, 4.69) is 21.8 Å². The highest BCUT2D eigenvalue weighted by molar-refractivity contribution is 6.31. The maximum atomic E-state index is 6.09. The van der Waals surface area contributed by atoms with Crippen LogP contribution < -0.4 is 9.47 Å². The highest BCUT2D eigenvalue weighted by Crippen LogP contribution is 2.27. The fraction of sp³-hybridized carbons (Fsp3) is 0.500. The molecule has 0 aliphatic carbocycles. The number of nitrogens with zero attached hydrogens (tertiary/aromatic N) is 3. The second-order valence-corrected chi connectivity index (χ2v) is 7.29. The van der Waals surface area contributed by atoms with Gasteiger partial charge in [-0.1, -0.05) is 11.6 Å². The van der Waals surface area contributed by atoms with E-state index >= 15 is 0 Å². The van der Waals surface area contributed by atoms with Crippen LogP contribution in [0.4, 0.5) is 0 Å². The fourth-order valence-corrected chi connectivity index (χ4v) is 3.61. The summed E-state index contributed by atoms with van der Waals surface area (Å²) < 4.78 is 11.4. The second-order valence-electron chi connectivity index (χ2n) is 6.88. The van der Waals surface area contributed by atoms with Crippen molar-refractivity contribution < 1.29 is 9.47 Å². The Labute approximate surface area is 160 Å². The number of hydrogen-bond donors (Lipinski definition) is 0. The van der Waals surface area contributed by atoms with Crippen LogP contribution in [0.1, 0.15) is 29.7 Å². The van der Waals surface area contributed by atoms with Gasteiger partial charge in [-0.05, 0) is 45.7 Å². The van der Waals surface area contributed by atoms with Crippen LogP contribution >= 0.6 is 11.6 Å². The molecule has 3 heterocycles. The number of aromatic nitrogens is 2. The third-order valence-corrected chi connectivity index (χ3v) is 5.32. The van der Waals surface area contributed by atoms with Crippen molar-refractivity contribution in [1.29, 1.82) is 0 Å². The van der Waals surface area contributed by atoms with Crippen LogP contribution in [-0.4, -0.2) is 41.7 Å². The van der Waals surface area contributed by atoms with Crippen LogP contribution in [0.5, 0.6) is 11.5 Å². The first-order valence-corrected chi connectivity index (χ1v) is 9.40. The first kappa shape index (κ1) is 18.9. The summed E-state index contributed by atoms with van der Waals surface area (Å²) >= 11 is 6.09. The number of rotatable bonds is 6. The Morgan fingerprint density at radius 1 is 1.23 bits per heavy atom. The average Bonchev–Trinajstić information content (AvgIpc) is 2.65. The van der Waals surface area contributed by atoms with E-state index in [1.165, 1.54) is 0 Å². The lowest BCUT2D eigenvalue weighted by Gasteiger charge is -2.32. The molecule has 140 valence electrons. The zero-order valence-electron chi connectivity index (χ0n) is 15.7. The number of piperidine rings is 1. The van der Waals surface area contributed by atoms with E-state index in [4.69, 9.17) is 21.1 Å². The first-order chi connectivity index (χ1) is 12.6. The number of likely N-dealkylation sites (tertiary alicyclic amines) is 1. The monoisotopic (exact) mass is 375 g/mol. The molecular formula is C20H26ClN3O2. The largest absolute Gasteiger partial charge is 0.496 e. The SMILES string of the molecule is COc1c(C)cnc(CN2CCC(COc3ccncc3Cl)CC2)c1C. The minimum atomic E-state index is 0.553. The summed E-state index contributed by atoms with van der Waals surface area (Å²) in [6, 6.07) is 1.82. The molecule has 0 aromatic carbocycles. The van der Waals surface area contributed by atoms with Gasteiger partial charge in [0.05, 0.1) is 19.4 Å². The van der Waals surface area contributed by atoms with Crippen molar-refractivity contribution in [1.82, 2.24) is 14.9 Å². The van der Waals surface area contributed by atoms with E-state index in [1.807, 2.05) is 19.2 Å². The zero-order chi connectivity index (χ0) is 18.5. The van der Waals surface area contributed by atoms with Crippen LogP contribution in [0.25, 0.3) is 0 Å². The number of methoxy groups -OCH3 is 1. The minimum absolute atomic E-state index is 0.553. The van der Waals surface area contributed by atoms with Gasteiger partial charge < -0.3 is 9.47 Å².